The fraction of sp³-hybridized carbons (Fsp3) is 0.269. The molecule has 0 bridgehead atoms. The molecule has 2 aromatic carbocycles. The second-order valence-corrected chi connectivity index (χ2v) is 8.03. The zero-order valence-corrected chi connectivity index (χ0v) is 17.8. The highest BCUT2D eigenvalue weighted by Gasteiger charge is 2.30. The van der Waals surface area contributed by atoms with Crippen LogP contribution in [0.3, 0.4) is 0 Å². The molecule has 1 aromatic heterocycles. The minimum Gasteiger partial charge on any atom is -0.383 e. The van der Waals surface area contributed by atoms with Gasteiger partial charge in [0.15, 0.2) is 0 Å². The first kappa shape index (κ1) is 21.5. The summed E-state index contributed by atoms with van der Waals surface area (Å²) in [6.45, 7) is 0.527. The summed E-state index contributed by atoms with van der Waals surface area (Å²) in [4.78, 5) is 17.3. The van der Waals surface area contributed by atoms with E-state index in [0.29, 0.717) is 18.6 Å². The third-order valence-corrected chi connectivity index (χ3v) is 5.81. The van der Waals surface area contributed by atoms with Crippen molar-refractivity contribution in [1.29, 1.82) is 5.26 Å². The number of nitrogens with one attached hydrogen (secondary N) is 1. The molecule has 1 aliphatic rings. The number of hydrogen-bond donors (Lipinski definition) is 2. The summed E-state index contributed by atoms with van der Waals surface area (Å²) in [5.41, 5.74) is 10.2. The molecule has 2 atom stereocenters. The average molecular weight is 427 g/mol. The SMILES string of the molecule is N#CCc1ccc(-c2cnc(N)c(C(=O)N[C@H]3CCC[C@@H]3OCc3ccccc3)c2)cc1. The third kappa shape index (κ3) is 5.13. The smallest absolute Gasteiger partial charge is 0.255 e. The van der Waals surface area contributed by atoms with Gasteiger partial charge in [0.05, 0.1) is 36.8 Å². The zero-order chi connectivity index (χ0) is 22.3. The Morgan fingerprint density at radius 2 is 1.88 bits per heavy atom. The molecule has 1 fully saturated rings. The van der Waals surface area contributed by atoms with Crippen molar-refractivity contribution in [2.24, 2.45) is 0 Å². The molecule has 0 radical (unpaired) electrons. The number of carbonyl (C=O) groups is 1. The Kier molecular flexibility index (Phi) is 6.78. The van der Waals surface area contributed by atoms with Crippen LogP contribution < -0.4 is 11.1 Å². The molecule has 1 heterocycles. The molecule has 0 saturated heterocycles. The van der Waals surface area contributed by atoms with E-state index in [2.05, 4.69) is 16.4 Å². The Balaban J connectivity index is 1.44. The van der Waals surface area contributed by atoms with Gasteiger partial charge in [-0.15, -0.1) is 0 Å². The molecule has 1 saturated carbocycles. The molecule has 0 unspecified atom stereocenters. The van der Waals surface area contributed by atoms with Crippen LogP contribution in [-0.4, -0.2) is 23.0 Å². The second kappa shape index (κ2) is 10.1. The molecular weight excluding hydrogens is 400 g/mol. The van der Waals surface area contributed by atoms with Crippen LogP contribution in [0.15, 0.2) is 66.9 Å². The molecule has 0 spiro atoms. The van der Waals surface area contributed by atoms with Crippen LogP contribution in [0.25, 0.3) is 11.1 Å². The maximum Gasteiger partial charge on any atom is 0.255 e. The first-order valence-electron chi connectivity index (χ1n) is 10.8. The number of nitrogens with two attached hydrogens (primary N) is 1. The fourth-order valence-electron chi connectivity index (χ4n) is 4.04. The Labute approximate surface area is 188 Å². The maximum absolute atomic E-state index is 13.0. The first-order valence-corrected chi connectivity index (χ1v) is 10.8. The Bertz CT molecular complexity index is 1110. The van der Waals surface area contributed by atoms with Gasteiger partial charge in [-0.2, -0.15) is 5.26 Å². The number of nitriles is 1. The summed E-state index contributed by atoms with van der Waals surface area (Å²) >= 11 is 0. The van der Waals surface area contributed by atoms with E-state index in [4.69, 9.17) is 15.7 Å². The minimum absolute atomic E-state index is 0.0239. The van der Waals surface area contributed by atoms with Crippen molar-refractivity contribution >= 4 is 11.7 Å². The predicted molar refractivity (Wildman–Crippen MR) is 124 cm³/mol. The van der Waals surface area contributed by atoms with Crippen LogP contribution >= 0.6 is 0 Å². The van der Waals surface area contributed by atoms with Gasteiger partial charge < -0.3 is 15.8 Å². The lowest BCUT2D eigenvalue weighted by Gasteiger charge is -2.22. The molecule has 3 aromatic rings. The van der Waals surface area contributed by atoms with Crippen molar-refractivity contribution in [2.45, 2.75) is 44.4 Å². The van der Waals surface area contributed by atoms with E-state index in [1.807, 2.05) is 54.6 Å². The molecule has 1 amide bonds. The van der Waals surface area contributed by atoms with Crippen molar-refractivity contribution < 1.29 is 9.53 Å². The van der Waals surface area contributed by atoms with Gasteiger partial charge in [-0.05, 0) is 42.0 Å². The quantitative estimate of drug-likeness (QED) is 0.588. The molecular formula is C26H26N4O2. The van der Waals surface area contributed by atoms with E-state index in [1.165, 1.54) is 0 Å². The summed E-state index contributed by atoms with van der Waals surface area (Å²) in [6, 6.07) is 21.5. The summed E-state index contributed by atoms with van der Waals surface area (Å²) in [6.07, 6.45) is 4.80. The Morgan fingerprint density at radius 1 is 1.09 bits per heavy atom. The molecule has 1 aliphatic carbocycles. The minimum atomic E-state index is -0.238. The Hall–Kier alpha value is -3.69. The number of ether oxygens (including phenoxy) is 1. The maximum atomic E-state index is 13.0. The lowest BCUT2D eigenvalue weighted by molar-refractivity contribution is 0.0272. The Morgan fingerprint density at radius 3 is 2.62 bits per heavy atom. The third-order valence-electron chi connectivity index (χ3n) is 5.81. The number of nitrogen functional groups attached to an aromatic ring is 1. The van der Waals surface area contributed by atoms with Crippen LogP contribution in [0.4, 0.5) is 5.82 Å². The van der Waals surface area contributed by atoms with Gasteiger partial charge in [0.25, 0.3) is 5.91 Å². The standard InChI is InChI=1S/C26H26N4O2/c27-14-13-18-9-11-20(12-10-18)21-15-22(25(28)29-16-21)26(31)30-23-7-4-8-24(23)32-17-19-5-2-1-3-6-19/h1-3,5-6,9-12,15-16,23-24H,4,7-8,13,17H2,(H2,28,29)(H,30,31)/t23-,24-/m0/s1. The van der Waals surface area contributed by atoms with Crippen molar-refractivity contribution in [3.8, 4) is 17.2 Å². The molecule has 0 aliphatic heterocycles. The number of rotatable bonds is 7. The number of amides is 1. The van der Waals surface area contributed by atoms with E-state index in [-0.39, 0.29) is 23.9 Å². The van der Waals surface area contributed by atoms with E-state index in [9.17, 15) is 4.79 Å². The summed E-state index contributed by atoms with van der Waals surface area (Å²) in [7, 11) is 0. The van der Waals surface area contributed by atoms with E-state index < -0.39 is 0 Å². The van der Waals surface area contributed by atoms with E-state index in [0.717, 1.165) is 41.5 Å². The van der Waals surface area contributed by atoms with E-state index >= 15 is 0 Å². The van der Waals surface area contributed by atoms with Gasteiger partial charge in [-0.3, -0.25) is 4.79 Å². The lowest BCUT2D eigenvalue weighted by atomic mass is 10.0. The topological polar surface area (TPSA) is 101 Å². The zero-order valence-electron chi connectivity index (χ0n) is 17.8. The van der Waals surface area contributed by atoms with Crippen LogP contribution in [0.5, 0.6) is 0 Å². The van der Waals surface area contributed by atoms with Crippen molar-refractivity contribution in [3.63, 3.8) is 0 Å². The van der Waals surface area contributed by atoms with Crippen molar-refractivity contribution in [3.05, 3.63) is 83.6 Å². The molecule has 32 heavy (non-hydrogen) atoms. The monoisotopic (exact) mass is 426 g/mol. The number of aromatic nitrogens is 1. The van der Waals surface area contributed by atoms with Gasteiger partial charge in [0, 0.05) is 11.8 Å². The van der Waals surface area contributed by atoms with Gasteiger partial charge in [-0.25, -0.2) is 4.98 Å². The lowest BCUT2D eigenvalue weighted by Crippen LogP contribution is -2.41. The first-order chi connectivity index (χ1) is 15.6. The molecule has 3 N–H and O–H groups in total. The number of anilines is 1. The number of pyridine rings is 1. The van der Waals surface area contributed by atoms with Crippen LogP contribution in [0.2, 0.25) is 0 Å². The summed E-state index contributed by atoms with van der Waals surface area (Å²) in [5, 5.41) is 11.9. The van der Waals surface area contributed by atoms with Crippen LogP contribution in [0.1, 0.15) is 40.7 Å². The average Bonchev–Trinajstić information content (AvgIpc) is 3.26. The predicted octanol–water partition coefficient (Wildman–Crippen LogP) is 4.26. The number of hydrogen-bond acceptors (Lipinski definition) is 5. The van der Waals surface area contributed by atoms with Crippen LogP contribution in [-0.2, 0) is 17.8 Å². The normalized spacial score (nSPS) is 17.6. The number of carbonyl (C=O) groups excluding carboxylic acids is 1. The van der Waals surface area contributed by atoms with Gasteiger partial charge in [0.2, 0.25) is 0 Å². The largest absolute Gasteiger partial charge is 0.383 e. The highest BCUT2D eigenvalue weighted by atomic mass is 16.5. The van der Waals surface area contributed by atoms with Gasteiger partial charge >= 0.3 is 0 Å². The highest BCUT2D eigenvalue weighted by molar-refractivity contribution is 5.99. The van der Waals surface area contributed by atoms with Crippen molar-refractivity contribution in [1.82, 2.24) is 10.3 Å². The van der Waals surface area contributed by atoms with E-state index in [1.54, 1.807) is 12.3 Å². The van der Waals surface area contributed by atoms with Crippen molar-refractivity contribution in [2.75, 3.05) is 5.73 Å². The van der Waals surface area contributed by atoms with Gasteiger partial charge in [-0.1, -0.05) is 54.6 Å². The highest BCUT2D eigenvalue weighted by Crippen LogP contribution is 2.26. The molecule has 6 nitrogen and oxygen atoms in total. The number of benzene rings is 2. The summed E-state index contributed by atoms with van der Waals surface area (Å²) < 4.78 is 6.11. The van der Waals surface area contributed by atoms with Crippen LogP contribution in [0, 0.1) is 11.3 Å². The molecule has 4 rings (SSSR count). The molecule has 6 heteroatoms. The van der Waals surface area contributed by atoms with Gasteiger partial charge in [0.1, 0.15) is 5.82 Å². The second-order valence-electron chi connectivity index (χ2n) is 8.03. The summed E-state index contributed by atoms with van der Waals surface area (Å²) in [5.74, 6) is -0.0368. The number of nitrogens with zero attached hydrogens (tertiary/aromatic N) is 2. The molecule has 162 valence electrons. The fourth-order valence-corrected chi connectivity index (χ4v) is 4.04.